The number of rotatable bonds is 4. The molecule has 0 fully saturated rings. The molecule has 0 aliphatic rings. The van der Waals surface area contributed by atoms with Crippen molar-refractivity contribution in [2.24, 2.45) is 0 Å². The second-order valence-electron chi connectivity index (χ2n) is 5.18. The summed E-state index contributed by atoms with van der Waals surface area (Å²) in [5.41, 5.74) is 0.0815. The molecule has 0 aromatic heterocycles. The molecule has 0 radical (unpaired) electrons. The van der Waals surface area contributed by atoms with Gasteiger partial charge in [0, 0.05) is 17.7 Å². The normalized spacial score (nSPS) is 11.4. The molecule has 0 atom stereocenters. The molecule has 0 spiro atoms. The average Bonchev–Trinajstić information content (AvgIpc) is 2.33. The van der Waals surface area contributed by atoms with Gasteiger partial charge >= 0.3 is 6.09 Å². The van der Waals surface area contributed by atoms with Gasteiger partial charge in [0.15, 0.2) is 0 Å². The Hall–Kier alpha value is -2.17. The molecule has 20 heavy (non-hydrogen) atoms. The highest BCUT2D eigenvalue weighted by Gasteiger charge is 2.14. The van der Waals surface area contributed by atoms with Crippen molar-refractivity contribution >= 4 is 18.5 Å². The molecule has 1 aromatic rings. The summed E-state index contributed by atoms with van der Waals surface area (Å²) >= 11 is 0. The van der Waals surface area contributed by atoms with E-state index in [-0.39, 0.29) is 12.1 Å². The van der Waals surface area contributed by atoms with Crippen molar-refractivity contribution in [2.75, 3.05) is 6.54 Å². The highest BCUT2D eigenvalue weighted by atomic mass is 19.1. The molecule has 0 aliphatic heterocycles. The van der Waals surface area contributed by atoms with Gasteiger partial charge in [-0.2, -0.15) is 0 Å². The second kappa shape index (κ2) is 6.84. The average molecular weight is 279 g/mol. The quantitative estimate of drug-likeness (QED) is 0.861. The van der Waals surface area contributed by atoms with Crippen molar-refractivity contribution in [1.29, 1.82) is 0 Å². The molecule has 0 saturated heterocycles. The third-order valence-corrected chi connectivity index (χ3v) is 2.22. The molecule has 1 aromatic carbocycles. The Morgan fingerprint density at radius 3 is 2.65 bits per heavy atom. The molecule has 0 bridgehead atoms. The number of carbonyl (C=O) groups is 2. The number of carbonyl (C=O) groups excluding carboxylic acids is 2. The van der Waals surface area contributed by atoms with Gasteiger partial charge in [0.2, 0.25) is 0 Å². The number of nitrogens with one attached hydrogen (secondary N) is 1. The molecule has 1 rings (SSSR count). The molecule has 0 aliphatic carbocycles. The summed E-state index contributed by atoms with van der Waals surface area (Å²) < 4.78 is 18.6. The molecule has 0 heterocycles. The molecule has 0 unspecified atom stereocenters. The van der Waals surface area contributed by atoms with E-state index < -0.39 is 17.5 Å². The molecule has 4 nitrogen and oxygen atoms in total. The number of amides is 1. The van der Waals surface area contributed by atoms with E-state index in [0.29, 0.717) is 11.8 Å². The van der Waals surface area contributed by atoms with Gasteiger partial charge in [-0.05, 0) is 26.8 Å². The summed E-state index contributed by atoms with van der Waals surface area (Å²) in [6.45, 7) is 5.54. The van der Waals surface area contributed by atoms with Gasteiger partial charge in [-0.25, -0.2) is 9.18 Å². The highest BCUT2D eigenvalue weighted by Crippen LogP contribution is 2.11. The van der Waals surface area contributed by atoms with Crippen LogP contribution in [-0.2, 0) is 4.74 Å². The summed E-state index contributed by atoms with van der Waals surface area (Å²) in [5.74, 6) is -0.483. The fourth-order valence-electron chi connectivity index (χ4n) is 1.39. The number of alkyl carbamates (subject to hydrolysis) is 1. The van der Waals surface area contributed by atoms with Crippen LogP contribution in [0.25, 0.3) is 6.08 Å². The maximum Gasteiger partial charge on any atom is 0.407 e. The number of halogens is 1. The Morgan fingerprint density at radius 1 is 1.40 bits per heavy atom. The maximum absolute atomic E-state index is 13.5. The summed E-state index contributed by atoms with van der Waals surface area (Å²) in [4.78, 5) is 21.8. The fourth-order valence-corrected chi connectivity index (χ4v) is 1.39. The first-order valence-corrected chi connectivity index (χ1v) is 6.20. The van der Waals surface area contributed by atoms with Crippen LogP contribution in [0.2, 0.25) is 0 Å². The highest BCUT2D eigenvalue weighted by molar-refractivity contribution is 5.75. The molecule has 1 N–H and O–H groups in total. The summed E-state index contributed by atoms with van der Waals surface area (Å²) in [6.07, 6.45) is 3.18. The Labute approximate surface area is 117 Å². The van der Waals surface area contributed by atoms with E-state index >= 15 is 0 Å². The lowest BCUT2D eigenvalue weighted by Crippen LogP contribution is -2.32. The zero-order valence-corrected chi connectivity index (χ0v) is 11.8. The van der Waals surface area contributed by atoms with Crippen LogP contribution in [0.1, 0.15) is 36.7 Å². The van der Waals surface area contributed by atoms with Gasteiger partial charge < -0.3 is 10.1 Å². The number of ether oxygens (including phenoxy) is 1. The van der Waals surface area contributed by atoms with Crippen LogP contribution in [0.3, 0.4) is 0 Å². The standard InChI is InChI=1S/C15H18FNO3/c1-15(2,3)20-14(19)17-8-4-5-12-7-6-11(10-18)9-13(12)16/h4-7,9-10H,8H2,1-3H3,(H,17,19). The first-order chi connectivity index (χ1) is 9.31. The van der Waals surface area contributed by atoms with E-state index in [0.717, 1.165) is 6.07 Å². The van der Waals surface area contributed by atoms with Crippen molar-refractivity contribution in [3.05, 3.63) is 41.2 Å². The summed E-state index contributed by atoms with van der Waals surface area (Å²) in [6, 6.07) is 4.19. The van der Waals surface area contributed by atoms with E-state index in [1.807, 2.05) is 0 Å². The predicted molar refractivity (Wildman–Crippen MR) is 75.1 cm³/mol. The van der Waals surface area contributed by atoms with Crippen molar-refractivity contribution < 1.29 is 18.7 Å². The van der Waals surface area contributed by atoms with Crippen LogP contribution in [0.4, 0.5) is 9.18 Å². The van der Waals surface area contributed by atoms with E-state index in [4.69, 9.17) is 4.74 Å². The molecule has 1 amide bonds. The summed E-state index contributed by atoms with van der Waals surface area (Å²) in [5, 5.41) is 2.52. The lowest BCUT2D eigenvalue weighted by molar-refractivity contribution is 0.0534. The number of hydrogen-bond acceptors (Lipinski definition) is 3. The van der Waals surface area contributed by atoms with Crippen molar-refractivity contribution in [3.8, 4) is 0 Å². The minimum absolute atomic E-state index is 0.226. The smallest absolute Gasteiger partial charge is 0.407 e. The van der Waals surface area contributed by atoms with Gasteiger partial charge in [0.1, 0.15) is 17.7 Å². The molecular weight excluding hydrogens is 261 g/mol. The molecule has 108 valence electrons. The van der Waals surface area contributed by atoms with Crippen molar-refractivity contribution in [3.63, 3.8) is 0 Å². The van der Waals surface area contributed by atoms with Crippen LogP contribution < -0.4 is 5.32 Å². The van der Waals surface area contributed by atoms with Crippen molar-refractivity contribution in [1.82, 2.24) is 5.32 Å². The van der Waals surface area contributed by atoms with Crippen LogP contribution in [-0.4, -0.2) is 24.5 Å². The van der Waals surface area contributed by atoms with E-state index in [2.05, 4.69) is 5.32 Å². The maximum atomic E-state index is 13.5. The minimum atomic E-state index is -0.551. The zero-order chi connectivity index (χ0) is 15.2. The SMILES string of the molecule is CC(C)(C)OC(=O)NCC=Cc1ccc(C=O)cc1F. The number of hydrogen-bond donors (Lipinski definition) is 1. The number of aldehydes is 1. The Morgan fingerprint density at radius 2 is 2.10 bits per heavy atom. The molecular formula is C15H18FNO3. The third kappa shape index (κ3) is 5.65. The zero-order valence-electron chi connectivity index (χ0n) is 11.8. The first-order valence-electron chi connectivity index (χ1n) is 6.20. The van der Waals surface area contributed by atoms with Gasteiger partial charge in [-0.1, -0.05) is 24.3 Å². The molecule has 0 saturated carbocycles. The van der Waals surface area contributed by atoms with Gasteiger partial charge in [-0.3, -0.25) is 4.79 Å². The topological polar surface area (TPSA) is 55.4 Å². The van der Waals surface area contributed by atoms with Crippen LogP contribution in [0.5, 0.6) is 0 Å². The van der Waals surface area contributed by atoms with E-state index in [1.54, 1.807) is 26.8 Å². The minimum Gasteiger partial charge on any atom is -0.444 e. The lowest BCUT2D eigenvalue weighted by Gasteiger charge is -2.19. The Kier molecular flexibility index (Phi) is 5.43. The van der Waals surface area contributed by atoms with Crippen LogP contribution in [0.15, 0.2) is 24.3 Å². The van der Waals surface area contributed by atoms with Gasteiger partial charge in [-0.15, -0.1) is 0 Å². The number of benzene rings is 1. The lowest BCUT2D eigenvalue weighted by atomic mass is 10.1. The Bertz CT molecular complexity index is 518. The van der Waals surface area contributed by atoms with Crippen LogP contribution >= 0.6 is 0 Å². The van der Waals surface area contributed by atoms with E-state index in [9.17, 15) is 14.0 Å². The summed E-state index contributed by atoms with van der Waals surface area (Å²) in [7, 11) is 0. The largest absolute Gasteiger partial charge is 0.444 e. The van der Waals surface area contributed by atoms with Gasteiger partial charge in [0.05, 0.1) is 0 Å². The Balaban J connectivity index is 2.49. The van der Waals surface area contributed by atoms with Crippen molar-refractivity contribution in [2.45, 2.75) is 26.4 Å². The van der Waals surface area contributed by atoms with Crippen LogP contribution in [0, 0.1) is 5.82 Å². The predicted octanol–water partition coefficient (Wildman–Crippen LogP) is 3.18. The van der Waals surface area contributed by atoms with E-state index in [1.165, 1.54) is 18.2 Å². The molecule has 5 heteroatoms. The third-order valence-electron chi connectivity index (χ3n) is 2.22. The fraction of sp³-hybridized carbons (Fsp3) is 0.333. The van der Waals surface area contributed by atoms with Gasteiger partial charge in [0.25, 0.3) is 0 Å². The monoisotopic (exact) mass is 279 g/mol. The first kappa shape index (κ1) is 15.9. The second-order valence-corrected chi connectivity index (χ2v) is 5.18.